The lowest BCUT2D eigenvalue weighted by atomic mass is 10.1. The average Bonchev–Trinajstić information content (AvgIpc) is 2.65. The first-order chi connectivity index (χ1) is 9.49. The molecule has 0 saturated carbocycles. The summed E-state index contributed by atoms with van der Waals surface area (Å²) in [6.45, 7) is 1.38. The van der Waals surface area contributed by atoms with Gasteiger partial charge in [-0.3, -0.25) is 19.7 Å². The Morgan fingerprint density at radius 2 is 1.80 bits per heavy atom. The van der Waals surface area contributed by atoms with Gasteiger partial charge in [-0.1, -0.05) is 12.1 Å². The van der Waals surface area contributed by atoms with E-state index in [2.05, 4.69) is 4.74 Å². The van der Waals surface area contributed by atoms with Crippen LogP contribution in [0.3, 0.4) is 0 Å². The minimum Gasteiger partial charge on any atom is -0.459 e. The molecular formula is C12H10N2O6. The molecule has 1 aliphatic rings. The first-order valence-electron chi connectivity index (χ1n) is 5.76. The number of carbonyl (C=O) groups excluding carboxylic acids is 3. The highest BCUT2D eigenvalue weighted by atomic mass is 16.6. The van der Waals surface area contributed by atoms with Crippen molar-refractivity contribution in [1.29, 1.82) is 0 Å². The molecule has 8 nitrogen and oxygen atoms in total. The van der Waals surface area contributed by atoms with Gasteiger partial charge in [-0.2, -0.15) is 4.90 Å². The molecule has 2 rings (SSSR count). The summed E-state index contributed by atoms with van der Waals surface area (Å²) in [7, 11) is 0. The highest BCUT2D eigenvalue weighted by molar-refractivity contribution is 6.22. The second kappa shape index (κ2) is 5.08. The molecule has 104 valence electrons. The smallest absolute Gasteiger partial charge is 0.405 e. The Morgan fingerprint density at radius 3 is 2.20 bits per heavy atom. The number of benzene rings is 1. The van der Waals surface area contributed by atoms with E-state index in [1.165, 1.54) is 31.2 Å². The Morgan fingerprint density at radius 1 is 1.30 bits per heavy atom. The molecule has 1 heterocycles. The maximum atomic E-state index is 12.1. The van der Waals surface area contributed by atoms with Crippen LogP contribution in [0.25, 0.3) is 0 Å². The fraction of sp³-hybridized carbons (Fsp3) is 0.250. The number of ether oxygens (including phenoxy) is 1. The Labute approximate surface area is 113 Å². The Hall–Kier alpha value is -2.77. The standard InChI is InChI=1S/C12H10N2O6/c1-2-20-12(17)9(14(18)19)13-10(15)7-5-3-4-6-8(7)11(13)16/h3-6,9H,2H2,1H3. The van der Waals surface area contributed by atoms with Crippen LogP contribution in [0.4, 0.5) is 0 Å². The van der Waals surface area contributed by atoms with Crippen molar-refractivity contribution in [2.24, 2.45) is 0 Å². The molecule has 1 atom stereocenters. The fourth-order valence-corrected chi connectivity index (χ4v) is 1.93. The van der Waals surface area contributed by atoms with Gasteiger partial charge in [-0.05, 0) is 19.1 Å². The zero-order valence-electron chi connectivity index (χ0n) is 10.4. The van der Waals surface area contributed by atoms with Crippen molar-refractivity contribution in [3.05, 3.63) is 45.5 Å². The van der Waals surface area contributed by atoms with E-state index in [1.54, 1.807) is 0 Å². The van der Waals surface area contributed by atoms with Gasteiger partial charge >= 0.3 is 12.1 Å². The van der Waals surface area contributed by atoms with Crippen molar-refractivity contribution in [3.63, 3.8) is 0 Å². The van der Waals surface area contributed by atoms with Crippen LogP contribution in [0.1, 0.15) is 27.6 Å². The molecule has 0 spiro atoms. The summed E-state index contributed by atoms with van der Waals surface area (Å²) in [5.74, 6) is -2.99. The highest BCUT2D eigenvalue weighted by Crippen LogP contribution is 2.25. The van der Waals surface area contributed by atoms with E-state index in [9.17, 15) is 24.5 Å². The molecule has 8 heteroatoms. The van der Waals surface area contributed by atoms with Crippen LogP contribution >= 0.6 is 0 Å². The number of nitrogens with zero attached hydrogens (tertiary/aromatic N) is 2. The van der Waals surface area contributed by atoms with Gasteiger partial charge in [0.2, 0.25) is 0 Å². The molecule has 1 aromatic rings. The first-order valence-corrected chi connectivity index (χ1v) is 5.76. The van der Waals surface area contributed by atoms with E-state index in [-0.39, 0.29) is 17.7 Å². The van der Waals surface area contributed by atoms with E-state index in [1.807, 2.05) is 0 Å². The van der Waals surface area contributed by atoms with Crippen molar-refractivity contribution in [1.82, 2.24) is 4.90 Å². The molecular weight excluding hydrogens is 268 g/mol. The second-order valence-corrected chi connectivity index (χ2v) is 3.94. The number of imide groups is 1. The maximum Gasteiger partial charge on any atom is 0.405 e. The van der Waals surface area contributed by atoms with Crippen LogP contribution in [-0.2, 0) is 9.53 Å². The monoisotopic (exact) mass is 278 g/mol. The third-order valence-corrected chi connectivity index (χ3v) is 2.77. The summed E-state index contributed by atoms with van der Waals surface area (Å²) < 4.78 is 4.55. The first kappa shape index (κ1) is 13.7. The molecule has 0 fully saturated rings. The largest absolute Gasteiger partial charge is 0.459 e. The number of esters is 1. The number of fused-ring (bicyclic) bond motifs is 1. The normalized spacial score (nSPS) is 14.9. The summed E-state index contributed by atoms with van der Waals surface area (Å²) in [4.78, 5) is 46.0. The van der Waals surface area contributed by atoms with Gasteiger partial charge in [0.1, 0.15) is 0 Å². The van der Waals surface area contributed by atoms with E-state index in [0.29, 0.717) is 4.90 Å². The number of carbonyl (C=O) groups is 3. The molecule has 0 radical (unpaired) electrons. The number of amides is 2. The van der Waals surface area contributed by atoms with Crippen molar-refractivity contribution < 1.29 is 24.0 Å². The third kappa shape index (κ3) is 2.00. The molecule has 0 N–H and O–H groups in total. The molecule has 1 aromatic carbocycles. The lowest BCUT2D eigenvalue weighted by molar-refractivity contribution is -0.527. The number of hydrogen-bond donors (Lipinski definition) is 0. The Bertz CT molecular complexity index is 577. The number of nitro groups is 1. The van der Waals surface area contributed by atoms with Gasteiger partial charge in [0.05, 0.1) is 22.7 Å². The quantitative estimate of drug-likeness (QED) is 0.342. The molecule has 1 aliphatic heterocycles. The van der Waals surface area contributed by atoms with E-state index >= 15 is 0 Å². The fourth-order valence-electron chi connectivity index (χ4n) is 1.93. The summed E-state index contributed by atoms with van der Waals surface area (Å²) in [6, 6.07) is 5.80. The molecule has 1 unspecified atom stereocenters. The van der Waals surface area contributed by atoms with Gasteiger partial charge in [0.15, 0.2) is 0 Å². The SMILES string of the molecule is CCOC(=O)C(N1C(=O)c2ccccc2C1=O)[N+](=O)[O-]. The summed E-state index contributed by atoms with van der Waals surface area (Å²) in [6.07, 6.45) is -2.16. The van der Waals surface area contributed by atoms with Gasteiger partial charge in [0, 0.05) is 0 Å². The maximum absolute atomic E-state index is 12.1. The lowest BCUT2D eigenvalue weighted by Gasteiger charge is -2.17. The van der Waals surface area contributed by atoms with Gasteiger partial charge < -0.3 is 4.74 Å². The highest BCUT2D eigenvalue weighted by Gasteiger charge is 2.50. The minimum absolute atomic E-state index is 0.0358. The lowest BCUT2D eigenvalue weighted by Crippen LogP contribution is -2.50. The van der Waals surface area contributed by atoms with Gasteiger partial charge in [-0.25, -0.2) is 4.79 Å². The van der Waals surface area contributed by atoms with Crippen molar-refractivity contribution in [2.75, 3.05) is 6.61 Å². The second-order valence-electron chi connectivity index (χ2n) is 3.94. The zero-order chi connectivity index (χ0) is 14.9. The Kier molecular flexibility index (Phi) is 3.47. The average molecular weight is 278 g/mol. The summed E-state index contributed by atoms with van der Waals surface area (Å²) >= 11 is 0. The molecule has 20 heavy (non-hydrogen) atoms. The van der Waals surface area contributed by atoms with Crippen LogP contribution in [-0.4, -0.2) is 40.4 Å². The van der Waals surface area contributed by atoms with Crippen molar-refractivity contribution in [2.45, 2.75) is 13.1 Å². The summed E-state index contributed by atoms with van der Waals surface area (Å²) in [5.41, 5.74) is 0.0716. The number of hydrogen-bond acceptors (Lipinski definition) is 6. The minimum atomic E-state index is -2.16. The zero-order valence-corrected chi connectivity index (χ0v) is 10.4. The third-order valence-electron chi connectivity index (χ3n) is 2.77. The predicted molar refractivity (Wildman–Crippen MR) is 64.4 cm³/mol. The van der Waals surface area contributed by atoms with Gasteiger partial charge in [-0.15, -0.1) is 0 Å². The van der Waals surface area contributed by atoms with Crippen LogP contribution in [0.2, 0.25) is 0 Å². The Balaban J connectivity index is 2.42. The van der Waals surface area contributed by atoms with Crippen LogP contribution in [0.15, 0.2) is 24.3 Å². The molecule has 0 bridgehead atoms. The topological polar surface area (TPSA) is 107 Å². The predicted octanol–water partition coefficient (Wildman–Crippen LogP) is 0.449. The molecule has 0 aliphatic carbocycles. The van der Waals surface area contributed by atoms with Crippen molar-refractivity contribution in [3.8, 4) is 0 Å². The van der Waals surface area contributed by atoms with E-state index < -0.39 is 28.9 Å². The number of rotatable bonds is 4. The van der Waals surface area contributed by atoms with Crippen LogP contribution in [0, 0.1) is 10.1 Å². The molecule has 0 saturated heterocycles. The molecule has 0 aromatic heterocycles. The summed E-state index contributed by atoms with van der Waals surface area (Å²) in [5, 5.41) is 11.0. The van der Waals surface area contributed by atoms with Crippen LogP contribution in [0.5, 0.6) is 0 Å². The van der Waals surface area contributed by atoms with Crippen LogP contribution < -0.4 is 0 Å². The van der Waals surface area contributed by atoms with E-state index in [4.69, 9.17) is 0 Å². The van der Waals surface area contributed by atoms with Gasteiger partial charge in [0.25, 0.3) is 11.8 Å². The van der Waals surface area contributed by atoms with Crippen molar-refractivity contribution >= 4 is 17.8 Å². The molecule has 2 amide bonds. The van der Waals surface area contributed by atoms with E-state index in [0.717, 1.165) is 0 Å².